The minimum absolute atomic E-state index is 0.0198. The van der Waals surface area contributed by atoms with Gasteiger partial charge in [0.2, 0.25) is 23.6 Å². The lowest BCUT2D eigenvalue weighted by Crippen LogP contribution is -2.51. The fourth-order valence-electron chi connectivity index (χ4n) is 5.20. The van der Waals surface area contributed by atoms with Gasteiger partial charge in [-0.2, -0.15) is 0 Å². The van der Waals surface area contributed by atoms with Gasteiger partial charge in [-0.15, -0.1) is 0 Å². The second-order valence-electron chi connectivity index (χ2n) is 10.7. The van der Waals surface area contributed by atoms with E-state index in [1.54, 1.807) is 4.90 Å². The number of hydrogen-bond acceptors (Lipinski definition) is 4. The number of carbonyl (C=O) groups excluding carboxylic acids is 4. The molecule has 1 saturated heterocycles. The molecule has 1 heterocycles. The average molecular weight is 595 g/mol. The van der Waals surface area contributed by atoms with Crippen LogP contribution >= 0.6 is 15.9 Å². The second-order valence-corrected chi connectivity index (χ2v) is 11.6. The number of nitrogens with one attached hydrogen (secondary N) is 1. The van der Waals surface area contributed by atoms with Crippen molar-refractivity contribution >= 4 is 39.6 Å². The second kappa shape index (κ2) is 13.2. The fraction of sp³-hybridized carbons (Fsp3) is 0.419. The highest BCUT2D eigenvalue weighted by atomic mass is 79.9. The molecule has 0 spiro atoms. The lowest BCUT2D eigenvalue weighted by molar-refractivity contribution is -0.144. The summed E-state index contributed by atoms with van der Waals surface area (Å²) in [6.07, 6.45) is 5.33. The number of imide groups is 1. The number of rotatable bonds is 11. The summed E-state index contributed by atoms with van der Waals surface area (Å²) in [4.78, 5) is 56.2. The van der Waals surface area contributed by atoms with Crippen molar-refractivity contribution in [3.63, 3.8) is 0 Å². The molecular formula is C31H36BrN3O4. The molecule has 4 amide bonds. The molecule has 1 aliphatic carbocycles. The van der Waals surface area contributed by atoms with Crippen LogP contribution in [0.4, 0.5) is 0 Å². The Balaban J connectivity index is 1.57. The normalized spacial score (nSPS) is 19.2. The first kappa shape index (κ1) is 28.7. The first-order valence-electron chi connectivity index (χ1n) is 13.6. The van der Waals surface area contributed by atoms with Crippen molar-refractivity contribution in [1.29, 1.82) is 0 Å². The van der Waals surface area contributed by atoms with E-state index in [0.29, 0.717) is 25.8 Å². The SMILES string of the molecule is CC(C)CNC(=O)[C@@H](Cc1ccccc1)N(Cc1ccc(Br)cc1)C(=O)CCN1C(=O)[C@H]2CC=CC[C@H]2C1=O. The lowest BCUT2D eigenvalue weighted by atomic mass is 9.85. The van der Waals surface area contributed by atoms with Crippen molar-refractivity contribution in [3.8, 4) is 0 Å². The summed E-state index contributed by atoms with van der Waals surface area (Å²) in [7, 11) is 0. The summed E-state index contributed by atoms with van der Waals surface area (Å²) in [5.74, 6) is -1.29. The van der Waals surface area contributed by atoms with E-state index in [0.717, 1.165) is 15.6 Å². The highest BCUT2D eigenvalue weighted by Gasteiger charge is 2.47. The summed E-state index contributed by atoms with van der Waals surface area (Å²) < 4.78 is 0.918. The largest absolute Gasteiger partial charge is 0.354 e. The molecule has 4 rings (SSSR count). The van der Waals surface area contributed by atoms with E-state index < -0.39 is 6.04 Å². The molecule has 0 radical (unpaired) electrons. The van der Waals surface area contributed by atoms with Gasteiger partial charge in [-0.25, -0.2) is 0 Å². The number of benzene rings is 2. The quantitative estimate of drug-likeness (QED) is 0.307. The molecule has 0 bridgehead atoms. The van der Waals surface area contributed by atoms with E-state index in [1.165, 1.54) is 4.90 Å². The number of hydrogen-bond donors (Lipinski definition) is 1. The van der Waals surface area contributed by atoms with Gasteiger partial charge in [-0.3, -0.25) is 24.1 Å². The molecule has 2 aliphatic rings. The predicted molar refractivity (Wildman–Crippen MR) is 153 cm³/mol. The highest BCUT2D eigenvalue weighted by Crippen LogP contribution is 2.35. The maximum Gasteiger partial charge on any atom is 0.243 e. The molecule has 0 unspecified atom stereocenters. The molecule has 2 aromatic rings. The minimum Gasteiger partial charge on any atom is -0.354 e. The van der Waals surface area contributed by atoms with Crippen molar-refractivity contribution in [1.82, 2.24) is 15.1 Å². The van der Waals surface area contributed by atoms with Gasteiger partial charge in [0.25, 0.3) is 0 Å². The number of allylic oxidation sites excluding steroid dienone is 2. The van der Waals surface area contributed by atoms with Gasteiger partial charge >= 0.3 is 0 Å². The maximum absolute atomic E-state index is 13.8. The topological polar surface area (TPSA) is 86.8 Å². The van der Waals surface area contributed by atoms with Gasteiger partial charge in [-0.05, 0) is 42.0 Å². The smallest absolute Gasteiger partial charge is 0.243 e. The Morgan fingerprint density at radius 1 is 0.949 bits per heavy atom. The third-order valence-electron chi connectivity index (χ3n) is 7.37. The highest BCUT2D eigenvalue weighted by molar-refractivity contribution is 9.10. The molecule has 1 aliphatic heterocycles. The van der Waals surface area contributed by atoms with Gasteiger partial charge in [-0.1, -0.05) is 84.4 Å². The molecule has 7 nitrogen and oxygen atoms in total. The molecule has 2 aromatic carbocycles. The van der Waals surface area contributed by atoms with Crippen LogP contribution in [0.25, 0.3) is 0 Å². The first-order valence-corrected chi connectivity index (χ1v) is 14.4. The molecule has 3 atom stereocenters. The average Bonchev–Trinajstić information content (AvgIpc) is 3.18. The first-order chi connectivity index (χ1) is 18.7. The Morgan fingerprint density at radius 3 is 2.15 bits per heavy atom. The van der Waals surface area contributed by atoms with Crippen molar-refractivity contribution in [2.24, 2.45) is 17.8 Å². The maximum atomic E-state index is 13.8. The van der Waals surface area contributed by atoms with Crippen LogP contribution in [0.15, 0.2) is 71.2 Å². The van der Waals surface area contributed by atoms with Crippen molar-refractivity contribution in [2.75, 3.05) is 13.1 Å². The molecule has 206 valence electrons. The van der Waals surface area contributed by atoms with Crippen LogP contribution < -0.4 is 5.32 Å². The van der Waals surface area contributed by atoms with E-state index in [9.17, 15) is 19.2 Å². The summed E-state index contributed by atoms with van der Waals surface area (Å²) >= 11 is 3.45. The summed E-state index contributed by atoms with van der Waals surface area (Å²) in [5, 5.41) is 3.01. The Hall–Kier alpha value is -3.26. The lowest BCUT2D eigenvalue weighted by Gasteiger charge is -2.32. The fourth-order valence-corrected chi connectivity index (χ4v) is 5.47. The minimum atomic E-state index is -0.751. The molecule has 8 heteroatoms. The van der Waals surface area contributed by atoms with Gasteiger partial charge in [0.05, 0.1) is 11.8 Å². The van der Waals surface area contributed by atoms with Crippen molar-refractivity contribution in [2.45, 2.75) is 52.1 Å². The molecule has 39 heavy (non-hydrogen) atoms. The van der Waals surface area contributed by atoms with Crippen LogP contribution in [0.5, 0.6) is 0 Å². The third kappa shape index (κ3) is 7.24. The molecule has 1 N–H and O–H groups in total. The monoisotopic (exact) mass is 593 g/mol. The Bertz CT molecular complexity index is 1190. The van der Waals surface area contributed by atoms with Crippen molar-refractivity contribution in [3.05, 3.63) is 82.3 Å². The van der Waals surface area contributed by atoms with Crippen LogP contribution in [-0.2, 0) is 32.1 Å². The molecule has 0 aromatic heterocycles. The van der Waals surface area contributed by atoms with Crippen LogP contribution in [0, 0.1) is 17.8 Å². The predicted octanol–water partition coefficient (Wildman–Crippen LogP) is 4.50. The number of halogens is 1. The van der Waals surface area contributed by atoms with Crippen molar-refractivity contribution < 1.29 is 19.2 Å². The van der Waals surface area contributed by atoms with Crippen LogP contribution in [-0.4, -0.2) is 52.6 Å². The Morgan fingerprint density at radius 2 is 1.56 bits per heavy atom. The summed E-state index contributed by atoms with van der Waals surface area (Å²) in [6, 6.07) is 16.5. The number of carbonyl (C=O) groups is 4. The zero-order valence-corrected chi connectivity index (χ0v) is 24.1. The van der Waals surface area contributed by atoms with Gasteiger partial charge in [0.1, 0.15) is 6.04 Å². The Kier molecular flexibility index (Phi) is 9.73. The Labute approximate surface area is 238 Å². The number of amides is 4. The van der Waals surface area contributed by atoms with E-state index in [1.807, 2.05) is 80.6 Å². The molecule has 0 saturated carbocycles. The van der Waals surface area contributed by atoms with E-state index in [4.69, 9.17) is 0 Å². The zero-order chi connectivity index (χ0) is 27.9. The van der Waals surface area contributed by atoms with E-state index in [2.05, 4.69) is 21.2 Å². The number of fused-ring (bicyclic) bond motifs is 1. The van der Waals surface area contributed by atoms with Crippen LogP contribution in [0.1, 0.15) is 44.2 Å². The van der Waals surface area contributed by atoms with Crippen LogP contribution in [0.3, 0.4) is 0 Å². The summed E-state index contributed by atoms with van der Waals surface area (Å²) in [6.45, 7) is 4.79. The van der Waals surface area contributed by atoms with Gasteiger partial charge in [0, 0.05) is 36.9 Å². The number of nitrogens with zero attached hydrogens (tertiary/aromatic N) is 2. The van der Waals surface area contributed by atoms with E-state index >= 15 is 0 Å². The molecule has 1 fully saturated rings. The molecular weight excluding hydrogens is 558 g/mol. The standard InChI is InChI=1S/C31H36BrN3O4/c1-21(2)19-33-29(37)27(18-22-8-4-3-5-9-22)35(20-23-12-14-24(32)15-13-23)28(36)16-17-34-30(38)25-10-6-7-11-26(25)31(34)39/h3-9,12-15,21,25-27H,10-11,16-20H2,1-2H3,(H,33,37)/t25-,26+,27-/m1/s1. The summed E-state index contributed by atoms with van der Waals surface area (Å²) in [5.41, 5.74) is 1.82. The third-order valence-corrected chi connectivity index (χ3v) is 7.90. The van der Waals surface area contributed by atoms with Crippen LogP contribution in [0.2, 0.25) is 0 Å². The number of likely N-dealkylation sites (tertiary alicyclic amines) is 1. The van der Waals surface area contributed by atoms with E-state index in [-0.39, 0.29) is 60.9 Å². The van der Waals surface area contributed by atoms with Gasteiger partial charge in [0.15, 0.2) is 0 Å². The zero-order valence-electron chi connectivity index (χ0n) is 22.5. The van der Waals surface area contributed by atoms with Gasteiger partial charge < -0.3 is 10.2 Å².